The maximum atomic E-state index is 6.34. The van der Waals surface area contributed by atoms with Crippen molar-refractivity contribution in [2.24, 2.45) is 0 Å². The van der Waals surface area contributed by atoms with Crippen molar-refractivity contribution in [2.75, 3.05) is 53.2 Å². The second kappa shape index (κ2) is 29.2. The standard InChI is InChI=1S/C33H52O3SSi.C33H48O3SSi/c2*1-32(2,3)38(7,8)36-23-15-13-11-9-10-12-14-16-30-29-22-21-28(35-6)24-31(29)37-25-33(30,4)26-17-19-27(34-5)20-18-26/h17-22,24,30H,9-16,23,25H2,1-8H3;17-22,24,30H,9-13,15,23,25H2,1-8H3. The van der Waals surface area contributed by atoms with Gasteiger partial charge in [-0.25, -0.2) is 0 Å². The molecule has 6 nitrogen and oxygen atoms in total. The SMILES string of the molecule is COc1ccc(C2(C)CSc3cc(OC)ccc3C2C#CCCCCCCCO[Si](C)(C)C(C)(C)C)cc1.COc1ccc(C2(C)CSc3cc(OC)ccc3C2CCCCCCCCCO[Si](C)(C)C(C)(C)C)cc1. The first-order valence-corrected chi connectivity index (χ1v) is 36.5. The van der Waals surface area contributed by atoms with Crippen molar-refractivity contribution < 1.29 is 27.8 Å². The fourth-order valence-corrected chi connectivity index (χ4v) is 14.9. The number of thioether (sulfide) groups is 2. The number of fused-ring (bicyclic) bond motifs is 2. The first kappa shape index (κ1) is 63.5. The highest BCUT2D eigenvalue weighted by molar-refractivity contribution is 7.99. The van der Waals surface area contributed by atoms with Crippen LogP contribution in [-0.2, 0) is 19.7 Å². The van der Waals surface area contributed by atoms with Gasteiger partial charge < -0.3 is 27.8 Å². The van der Waals surface area contributed by atoms with Crippen molar-refractivity contribution >= 4 is 40.2 Å². The molecule has 0 aromatic heterocycles. The number of hydrogen-bond acceptors (Lipinski definition) is 8. The molecule has 0 radical (unpaired) electrons. The van der Waals surface area contributed by atoms with Crippen LogP contribution < -0.4 is 18.9 Å². The van der Waals surface area contributed by atoms with Gasteiger partial charge in [0.15, 0.2) is 16.6 Å². The van der Waals surface area contributed by atoms with Crippen LogP contribution in [0.1, 0.15) is 179 Å². The molecule has 0 saturated carbocycles. The van der Waals surface area contributed by atoms with Gasteiger partial charge in [-0.3, -0.25) is 0 Å². The zero-order valence-electron chi connectivity index (χ0n) is 50.2. The van der Waals surface area contributed by atoms with Crippen LogP contribution in [0.5, 0.6) is 23.0 Å². The van der Waals surface area contributed by atoms with Crippen molar-refractivity contribution in [1.29, 1.82) is 0 Å². The maximum absolute atomic E-state index is 6.34. The molecule has 4 atom stereocenters. The van der Waals surface area contributed by atoms with Crippen molar-refractivity contribution in [3.63, 3.8) is 0 Å². The molecule has 2 heterocycles. The van der Waals surface area contributed by atoms with Crippen molar-refractivity contribution in [3.05, 3.63) is 107 Å². The molecule has 0 saturated heterocycles. The van der Waals surface area contributed by atoms with E-state index in [9.17, 15) is 0 Å². The van der Waals surface area contributed by atoms with Crippen LogP contribution in [0, 0.1) is 11.8 Å². The molecule has 0 aliphatic carbocycles. The zero-order chi connectivity index (χ0) is 55.6. The second-order valence-corrected chi connectivity index (χ2v) is 36.6. The predicted octanol–water partition coefficient (Wildman–Crippen LogP) is 19.2. The van der Waals surface area contributed by atoms with E-state index < -0.39 is 16.6 Å². The molecule has 2 aliphatic rings. The molecular weight excluding hydrogens is 1010 g/mol. The lowest BCUT2D eigenvalue weighted by Gasteiger charge is -2.43. The Morgan fingerprint density at radius 3 is 1.33 bits per heavy atom. The largest absolute Gasteiger partial charge is 0.497 e. The summed E-state index contributed by atoms with van der Waals surface area (Å²) in [6.45, 7) is 29.9. The molecule has 0 bridgehead atoms. The summed E-state index contributed by atoms with van der Waals surface area (Å²) in [7, 11) is 3.74. The number of ether oxygens (including phenoxy) is 4. The van der Waals surface area contributed by atoms with Gasteiger partial charge in [-0.1, -0.05) is 155 Å². The number of methoxy groups -OCH3 is 4. The summed E-state index contributed by atoms with van der Waals surface area (Å²) >= 11 is 3.88. The van der Waals surface area contributed by atoms with Gasteiger partial charge in [-0.15, -0.1) is 29.4 Å². The summed E-state index contributed by atoms with van der Waals surface area (Å²) in [5.74, 6) is 13.7. The van der Waals surface area contributed by atoms with Gasteiger partial charge in [0.2, 0.25) is 0 Å². The fraction of sp³-hybridized carbons (Fsp3) is 0.606. The first-order valence-electron chi connectivity index (χ1n) is 28.7. The van der Waals surface area contributed by atoms with E-state index >= 15 is 0 Å². The molecule has 2 aliphatic heterocycles. The molecule has 10 heteroatoms. The smallest absolute Gasteiger partial charge is 0.191 e. The van der Waals surface area contributed by atoms with Crippen molar-refractivity contribution in [3.8, 4) is 34.8 Å². The van der Waals surface area contributed by atoms with Crippen LogP contribution in [0.2, 0.25) is 36.3 Å². The Balaban J connectivity index is 0.000000281. The molecule has 0 spiro atoms. The summed E-state index contributed by atoms with van der Waals surface area (Å²) in [5.41, 5.74) is 5.55. The lowest BCUT2D eigenvalue weighted by molar-refractivity contribution is 0.277. The van der Waals surface area contributed by atoms with E-state index in [-0.39, 0.29) is 16.7 Å². The summed E-state index contributed by atoms with van der Waals surface area (Å²) in [5, 5.41) is 0.596. The first-order chi connectivity index (χ1) is 36.0. The van der Waals surface area contributed by atoms with E-state index in [4.69, 9.17) is 27.8 Å². The minimum Gasteiger partial charge on any atom is -0.497 e. The average Bonchev–Trinajstić information content (AvgIpc) is 3.41. The van der Waals surface area contributed by atoms with Crippen LogP contribution in [0.3, 0.4) is 0 Å². The Morgan fingerprint density at radius 2 is 0.868 bits per heavy atom. The highest BCUT2D eigenvalue weighted by atomic mass is 32.2. The van der Waals surface area contributed by atoms with E-state index in [0.29, 0.717) is 16.0 Å². The number of rotatable bonds is 25. The number of benzene rings is 4. The van der Waals surface area contributed by atoms with Gasteiger partial charge in [0.25, 0.3) is 0 Å². The Hall–Kier alpha value is -3.31. The van der Waals surface area contributed by atoms with Crippen LogP contribution in [0.25, 0.3) is 0 Å². The topological polar surface area (TPSA) is 55.4 Å². The van der Waals surface area contributed by atoms with Crippen LogP contribution in [-0.4, -0.2) is 69.8 Å². The fourth-order valence-electron chi connectivity index (χ4n) is 10.0. The van der Waals surface area contributed by atoms with Gasteiger partial charge in [0.05, 0.1) is 34.4 Å². The van der Waals surface area contributed by atoms with Gasteiger partial charge >= 0.3 is 0 Å². The van der Waals surface area contributed by atoms with Crippen molar-refractivity contribution in [1.82, 2.24) is 0 Å². The Bertz CT molecular complexity index is 2430. The summed E-state index contributed by atoms with van der Waals surface area (Å²) in [6.07, 6.45) is 17.3. The van der Waals surface area contributed by atoms with E-state index in [1.54, 1.807) is 28.4 Å². The van der Waals surface area contributed by atoms with Gasteiger partial charge in [-0.05, 0) is 139 Å². The minimum absolute atomic E-state index is 0.0737. The summed E-state index contributed by atoms with van der Waals surface area (Å²) < 4.78 is 34.5. The Kier molecular flexibility index (Phi) is 24.4. The third-order valence-corrected chi connectivity index (χ3v) is 29.3. The molecule has 4 aromatic carbocycles. The highest BCUT2D eigenvalue weighted by Crippen LogP contribution is 2.53. The molecule has 4 unspecified atom stereocenters. The molecule has 0 N–H and O–H groups in total. The molecule has 6 rings (SSSR count). The van der Waals surface area contributed by atoms with Gasteiger partial charge in [-0.2, -0.15) is 0 Å². The Labute approximate surface area is 474 Å². The van der Waals surface area contributed by atoms with Crippen LogP contribution >= 0.6 is 23.5 Å². The predicted molar refractivity (Wildman–Crippen MR) is 332 cm³/mol. The van der Waals surface area contributed by atoms with Crippen LogP contribution in [0.4, 0.5) is 0 Å². The van der Waals surface area contributed by atoms with Gasteiger partial charge in [0, 0.05) is 51.8 Å². The third-order valence-electron chi connectivity index (χ3n) is 17.5. The molecule has 4 aromatic rings. The molecule has 0 amide bonds. The summed E-state index contributed by atoms with van der Waals surface area (Å²) in [6, 6.07) is 30.5. The normalized spacial score (nSPS) is 19.5. The minimum atomic E-state index is -1.61. The number of unbranched alkanes of at least 4 members (excludes halogenated alkanes) is 11. The zero-order valence-corrected chi connectivity index (χ0v) is 53.9. The lowest BCUT2D eigenvalue weighted by Crippen LogP contribution is -2.40. The van der Waals surface area contributed by atoms with E-state index in [1.807, 2.05) is 23.5 Å². The van der Waals surface area contributed by atoms with E-state index in [0.717, 1.165) is 60.6 Å². The highest BCUT2D eigenvalue weighted by Gasteiger charge is 2.43. The molecule has 420 valence electrons. The Morgan fingerprint density at radius 1 is 0.487 bits per heavy atom. The third kappa shape index (κ3) is 17.3. The van der Waals surface area contributed by atoms with E-state index in [2.05, 4.69) is 178 Å². The van der Waals surface area contributed by atoms with Crippen molar-refractivity contribution in [2.45, 2.75) is 214 Å². The van der Waals surface area contributed by atoms with Crippen LogP contribution in [0.15, 0.2) is 94.7 Å². The molecule has 76 heavy (non-hydrogen) atoms. The average molecular weight is 1110 g/mol. The quantitative estimate of drug-likeness (QED) is 0.0370. The molecular formula is C66H100O6S2Si2. The number of hydrogen-bond donors (Lipinski definition) is 0. The van der Waals surface area contributed by atoms with Gasteiger partial charge in [0.1, 0.15) is 23.0 Å². The molecule has 0 fully saturated rings. The lowest BCUT2D eigenvalue weighted by atomic mass is 9.68. The van der Waals surface area contributed by atoms with E-state index in [1.165, 1.54) is 109 Å². The summed E-state index contributed by atoms with van der Waals surface area (Å²) in [4.78, 5) is 2.68. The maximum Gasteiger partial charge on any atom is 0.191 e. The monoisotopic (exact) mass is 1110 g/mol. The second-order valence-electron chi connectivity index (χ2n) is 25.0.